The van der Waals surface area contributed by atoms with Gasteiger partial charge in [0.1, 0.15) is 6.10 Å². The molecule has 1 aliphatic carbocycles. The summed E-state index contributed by atoms with van der Waals surface area (Å²) in [4.78, 5) is 18.3. The van der Waals surface area contributed by atoms with Gasteiger partial charge in [0.05, 0.1) is 23.4 Å². The molecule has 1 aliphatic heterocycles. The molecule has 0 radical (unpaired) electrons. The van der Waals surface area contributed by atoms with Crippen molar-refractivity contribution in [2.24, 2.45) is 0 Å². The van der Waals surface area contributed by atoms with Crippen LogP contribution in [0, 0.1) is 0 Å². The smallest absolute Gasteiger partial charge is 0.289 e. The number of furan rings is 1. The first-order chi connectivity index (χ1) is 13.4. The number of rotatable bonds is 6. The number of nitrogens with zero attached hydrogens (tertiary/aromatic N) is 3. The molecular formula is C19H23N3O5S. The normalized spacial score (nSPS) is 18.1. The van der Waals surface area contributed by atoms with Crippen LogP contribution in [0.3, 0.4) is 0 Å². The Morgan fingerprint density at radius 1 is 1.21 bits per heavy atom. The summed E-state index contributed by atoms with van der Waals surface area (Å²) in [7, 11) is -1.73. The third-order valence-corrected chi connectivity index (χ3v) is 7.45. The van der Waals surface area contributed by atoms with Crippen molar-refractivity contribution >= 4 is 21.6 Å². The van der Waals surface area contributed by atoms with Gasteiger partial charge in [0.2, 0.25) is 15.9 Å². The second kappa shape index (κ2) is 7.46. The molecule has 3 heterocycles. The molecule has 0 spiro atoms. The van der Waals surface area contributed by atoms with E-state index in [0.717, 1.165) is 12.8 Å². The van der Waals surface area contributed by atoms with Crippen molar-refractivity contribution < 1.29 is 22.4 Å². The lowest BCUT2D eigenvalue weighted by atomic mass is 10.1. The van der Waals surface area contributed by atoms with E-state index in [1.807, 2.05) is 0 Å². The Morgan fingerprint density at radius 2 is 1.96 bits per heavy atom. The van der Waals surface area contributed by atoms with Gasteiger partial charge in [-0.25, -0.2) is 13.4 Å². The first kappa shape index (κ1) is 18.8. The molecular weight excluding hydrogens is 382 g/mol. The highest BCUT2D eigenvalue weighted by molar-refractivity contribution is 7.93. The van der Waals surface area contributed by atoms with Crippen molar-refractivity contribution in [2.45, 2.75) is 37.0 Å². The Labute approximate surface area is 164 Å². The molecule has 28 heavy (non-hydrogen) atoms. The van der Waals surface area contributed by atoms with Crippen molar-refractivity contribution in [1.82, 2.24) is 9.88 Å². The maximum atomic E-state index is 12.3. The molecule has 0 N–H and O–H groups in total. The molecule has 0 unspecified atom stereocenters. The van der Waals surface area contributed by atoms with Gasteiger partial charge in [-0.1, -0.05) is 0 Å². The summed E-state index contributed by atoms with van der Waals surface area (Å²) in [6.07, 6.45) is 5.82. The van der Waals surface area contributed by atoms with Crippen LogP contribution in [-0.4, -0.2) is 55.7 Å². The molecule has 2 aliphatic rings. The average molecular weight is 405 g/mol. The summed E-state index contributed by atoms with van der Waals surface area (Å²) in [5.74, 6) is 0.699. The van der Waals surface area contributed by atoms with Crippen LogP contribution in [0.1, 0.15) is 36.2 Å². The van der Waals surface area contributed by atoms with Crippen LogP contribution in [0.2, 0.25) is 0 Å². The lowest BCUT2D eigenvalue weighted by Crippen LogP contribution is -2.41. The first-order valence-corrected chi connectivity index (χ1v) is 10.9. The molecule has 2 aromatic heterocycles. The number of carbonyl (C=O) groups excluding carboxylic acids is 1. The second-order valence-corrected chi connectivity index (χ2v) is 9.40. The van der Waals surface area contributed by atoms with E-state index in [2.05, 4.69) is 4.98 Å². The lowest BCUT2D eigenvalue weighted by Gasteiger charge is -2.31. The lowest BCUT2D eigenvalue weighted by molar-refractivity contribution is 0.0559. The third kappa shape index (κ3) is 3.84. The fourth-order valence-electron chi connectivity index (χ4n) is 3.27. The number of piperidine rings is 1. The van der Waals surface area contributed by atoms with Crippen molar-refractivity contribution in [3.8, 4) is 5.88 Å². The average Bonchev–Trinajstić information content (AvgIpc) is 3.44. The molecule has 9 heteroatoms. The molecule has 2 aromatic rings. The molecule has 1 amide bonds. The monoisotopic (exact) mass is 405 g/mol. The van der Waals surface area contributed by atoms with Crippen molar-refractivity contribution in [1.29, 1.82) is 0 Å². The molecule has 150 valence electrons. The number of likely N-dealkylation sites (tertiary alicyclic amines) is 1. The van der Waals surface area contributed by atoms with Crippen LogP contribution in [0.4, 0.5) is 5.69 Å². The van der Waals surface area contributed by atoms with Gasteiger partial charge in [0.15, 0.2) is 5.76 Å². The van der Waals surface area contributed by atoms with Crippen molar-refractivity contribution in [3.05, 3.63) is 42.5 Å². The predicted octanol–water partition coefficient (Wildman–Crippen LogP) is 2.29. The van der Waals surface area contributed by atoms with Gasteiger partial charge < -0.3 is 14.1 Å². The Bertz CT molecular complexity index is 915. The number of aromatic nitrogens is 1. The van der Waals surface area contributed by atoms with Gasteiger partial charge >= 0.3 is 0 Å². The van der Waals surface area contributed by atoms with Gasteiger partial charge in [-0.15, -0.1) is 0 Å². The molecule has 8 nitrogen and oxygen atoms in total. The topological polar surface area (TPSA) is 92.9 Å². The van der Waals surface area contributed by atoms with Gasteiger partial charge in [-0.3, -0.25) is 9.10 Å². The summed E-state index contributed by atoms with van der Waals surface area (Å²) >= 11 is 0. The first-order valence-electron chi connectivity index (χ1n) is 9.38. The standard InChI is InChI=1S/C19H23N3O5S/c1-21(28(24,25)16-5-6-16)14-4-7-18(20-13-14)27-15-8-10-22(11-9-15)19(23)17-3-2-12-26-17/h2-4,7,12-13,15-16H,5-6,8-11H2,1H3. The van der Waals surface area contributed by atoms with E-state index in [4.69, 9.17) is 9.15 Å². The fourth-order valence-corrected chi connectivity index (χ4v) is 4.85. The minimum absolute atomic E-state index is 0.0353. The molecule has 4 rings (SSSR count). The van der Waals surface area contributed by atoms with E-state index in [0.29, 0.717) is 43.3 Å². The van der Waals surface area contributed by atoms with Gasteiger partial charge in [-0.2, -0.15) is 0 Å². The maximum absolute atomic E-state index is 12.3. The number of sulfonamides is 1. The van der Waals surface area contributed by atoms with Crippen LogP contribution in [-0.2, 0) is 10.0 Å². The summed E-state index contributed by atoms with van der Waals surface area (Å²) in [6, 6.07) is 6.76. The van der Waals surface area contributed by atoms with Gasteiger partial charge in [-0.05, 0) is 31.0 Å². The van der Waals surface area contributed by atoms with Crippen LogP contribution in [0.5, 0.6) is 5.88 Å². The molecule has 0 bridgehead atoms. The Balaban J connectivity index is 1.31. The second-order valence-electron chi connectivity index (χ2n) is 7.15. The van der Waals surface area contributed by atoms with Crippen LogP contribution < -0.4 is 9.04 Å². The number of carbonyl (C=O) groups is 1. The summed E-state index contributed by atoms with van der Waals surface area (Å²) in [6.45, 7) is 1.18. The SMILES string of the molecule is CN(c1ccc(OC2CCN(C(=O)c3ccco3)CC2)nc1)S(=O)(=O)C1CC1. The van der Waals surface area contributed by atoms with Crippen molar-refractivity contribution in [2.75, 3.05) is 24.4 Å². The van der Waals surface area contributed by atoms with Crippen LogP contribution in [0.25, 0.3) is 0 Å². The zero-order chi connectivity index (χ0) is 19.7. The number of ether oxygens (including phenoxy) is 1. The van der Waals surface area contributed by atoms with Gasteiger partial charge in [0.25, 0.3) is 5.91 Å². The van der Waals surface area contributed by atoms with Crippen LogP contribution in [0.15, 0.2) is 41.1 Å². The number of pyridine rings is 1. The van der Waals surface area contributed by atoms with E-state index < -0.39 is 10.0 Å². The van der Waals surface area contributed by atoms with Crippen molar-refractivity contribution in [3.63, 3.8) is 0 Å². The Hall–Kier alpha value is -2.55. The Kier molecular flexibility index (Phi) is 5.01. The molecule has 1 saturated heterocycles. The highest BCUT2D eigenvalue weighted by atomic mass is 32.2. The summed E-state index contributed by atoms with van der Waals surface area (Å²) < 4.78 is 37.0. The molecule has 0 atom stereocenters. The maximum Gasteiger partial charge on any atom is 0.289 e. The zero-order valence-electron chi connectivity index (χ0n) is 15.7. The van der Waals surface area contributed by atoms with Crippen LogP contribution >= 0.6 is 0 Å². The Morgan fingerprint density at radius 3 is 2.54 bits per heavy atom. The van der Waals surface area contributed by atoms with E-state index in [9.17, 15) is 13.2 Å². The van der Waals surface area contributed by atoms with E-state index in [1.165, 1.54) is 16.8 Å². The van der Waals surface area contributed by atoms with Gasteiger partial charge in [0, 0.05) is 39.0 Å². The number of hydrogen-bond acceptors (Lipinski definition) is 6. The van der Waals surface area contributed by atoms with E-state index in [-0.39, 0.29) is 17.3 Å². The number of anilines is 1. The molecule has 2 fully saturated rings. The summed E-state index contributed by atoms with van der Waals surface area (Å²) in [5.41, 5.74) is 0.526. The third-order valence-electron chi connectivity index (χ3n) is 5.16. The fraction of sp³-hybridized carbons (Fsp3) is 0.474. The summed E-state index contributed by atoms with van der Waals surface area (Å²) in [5, 5.41) is -0.262. The highest BCUT2D eigenvalue weighted by Crippen LogP contribution is 2.32. The number of amides is 1. The largest absolute Gasteiger partial charge is 0.474 e. The minimum atomic E-state index is -3.28. The quantitative estimate of drug-likeness (QED) is 0.732. The minimum Gasteiger partial charge on any atom is -0.474 e. The highest BCUT2D eigenvalue weighted by Gasteiger charge is 2.39. The zero-order valence-corrected chi connectivity index (χ0v) is 16.5. The predicted molar refractivity (Wildman–Crippen MR) is 103 cm³/mol. The molecule has 1 saturated carbocycles. The van der Waals surface area contributed by atoms with E-state index >= 15 is 0 Å². The molecule has 0 aromatic carbocycles. The van der Waals surface area contributed by atoms with E-state index in [1.54, 1.807) is 36.2 Å². The number of hydrogen-bond donors (Lipinski definition) is 0.